The van der Waals surface area contributed by atoms with Gasteiger partial charge in [0.15, 0.2) is 6.10 Å². The molecule has 0 fully saturated rings. The zero-order valence-electron chi connectivity index (χ0n) is 6.30. The minimum Gasteiger partial charge on any atom is -0.392 e. The number of nitrogens with zero attached hydrogens (tertiary/aromatic N) is 1. The van der Waals surface area contributed by atoms with E-state index in [0.717, 1.165) is 0 Å². The van der Waals surface area contributed by atoms with Crippen LogP contribution in [0.25, 0.3) is 0 Å². The highest BCUT2D eigenvalue weighted by atomic mass is 19.4. The molecule has 0 aromatic carbocycles. The van der Waals surface area contributed by atoms with Gasteiger partial charge in [-0.1, -0.05) is 5.16 Å². The van der Waals surface area contributed by atoms with Crippen LogP contribution in [0.4, 0.5) is 13.2 Å². The van der Waals surface area contributed by atoms with Crippen molar-refractivity contribution >= 4 is 5.71 Å². The SMILES string of the molecule is CC1CC(C(O)C(F)(F)F)=NO1. The molecule has 0 saturated heterocycles. The fourth-order valence-corrected chi connectivity index (χ4v) is 0.877. The number of oxime groups is 1. The van der Waals surface area contributed by atoms with Gasteiger partial charge < -0.3 is 9.94 Å². The number of hydrogen-bond donors (Lipinski definition) is 1. The molecule has 0 bridgehead atoms. The van der Waals surface area contributed by atoms with E-state index in [-0.39, 0.29) is 18.2 Å². The van der Waals surface area contributed by atoms with Gasteiger partial charge in [-0.15, -0.1) is 0 Å². The second-order valence-corrected chi connectivity index (χ2v) is 2.65. The molecule has 0 aromatic heterocycles. The molecule has 0 radical (unpaired) electrons. The maximum atomic E-state index is 11.8. The molecule has 1 aliphatic rings. The normalized spacial score (nSPS) is 26.4. The Hall–Kier alpha value is -0.780. The molecule has 3 nitrogen and oxygen atoms in total. The quantitative estimate of drug-likeness (QED) is 0.660. The third-order valence-corrected chi connectivity index (χ3v) is 1.47. The third kappa shape index (κ3) is 1.88. The lowest BCUT2D eigenvalue weighted by molar-refractivity contribution is -0.181. The van der Waals surface area contributed by atoms with Gasteiger partial charge in [-0.25, -0.2) is 0 Å². The van der Waals surface area contributed by atoms with Crippen molar-refractivity contribution in [3.63, 3.8) is 0 Å². The van der Waals surface area contributed by atoms with E-state index in [0.29, 0.717) is 0 Å². The predicted molar refractivity (Wildman–Crippen MR) is 34.7 cm³/mol. The van der Waals surface area contributed by atoms with Crippen molar-refractivity contribution in [2.75, 3.05) is 0 Å². The molecular weight excluding hydrogens is 175 g/mol. The molecule has 1 heterocycles. The van der Waals surface area contributed by atoms with Gasteiger partial charge in [0.25, 0.3) is 0 Å². The molecular formula is C6H8F3NO2. The van der Waals surface area contributed by atoms with Gasteiger partial charge >= 0.3 is 6.18 Å². The van der Waals surface area contributed by atoms with Crippen LogP contribution in [0.15, 0.2) is 5.16 Å². The Labute approximate surface area is 66.8 Å². The lowest BCUT2D eigenvalue weighted by Gasteiger charge is -2.12. The van der Waals surface area contributed by atoms with Crippen LogP contribution in [-0.4, -0.2) is 29.2 Å². The van der Waals surface area contributed by atoms with E-state index >= 15 is 0 Å². The van der Waals surface area contributed by atoms with Crippen LogP contribution in [0.5, 0.6) is 0 Å². The van der Waals surface area contributed by atoms with Crippen molar-refractivity contribution in [3.8, 4) is 0 Å². The van der Waals surface area contributed by atoms with Crippen molar-refractivity contribution in [1.29, 1.82) is 0 Å². The second kappa shape index (κ2) is 2.93. The molecule has 0 aliphatic carbocycles. The fraction of sp³-hybridized carbons (Fsp3) is 0.833. The van der Waals surface area contributed by atoms with E-state index in [9.17, 15) is 13.2 Å². The van der Waals surface area contributed by atoms with Crippen molar-refractivity contribution in [3.05, 3.63) is 0 Å². The Morgan fingerprint density at radius 3 is 2.58 bits per heavy atom. The summed E-state index contributed by atoms with van der Waals surface area (Å²) < 4.78 is 35.5. The van der Waals surface area contributed by atoms with Gasteiger partial charge in [-0.05, 0) is 6.92 Å². The van der Waals surface area contributed by atoms with Gasteiger partial charge in [0.1, 0.15) is 6.10 Å². The van der Waals surface area contributed by atoms with Crippen LogP contribution >= 0.6 is 0 Å². The van der Waals surface area contributed by atoms with Crippen molar-refractivity contribution in [2.45, 2.75) is 31.7 Å². The van der Waals surface area contributed by atoms with E-state index in [2.05, 4.69) is 9.99 Å². The molecule has 2 unspecified atom stereocenters. The monoisotopic (exact) mass is 183 g/mol. The first-order chi connectivity index (χ1) is 5.41. The van der Waals surface area contributed by atoms with Crippen LogP contribution in [-0.2, 0) is 4.84 Å². The van der Waals surface area contributed by atoms with Gasteiger partial charge in [-0.3, -0.25) is 0 Å². The van der Waals surface area contributed by atoms with E-state index in [1.165, 1.54) is 0 Å². The summed E-state index contributed by atoms with van der Waals surface area (Å²) in [5.74, 6) is 0. The molecule has 6 heteroatoms. The van der Waals surface area contributed by atoms with Gasteiger partial charge in [-0.2, -0.15) is 13.2 Å². The van der Waals surface area contributed by atoms with E-state index < -0.39 is 12.3 Å². The molecule has 0 aromatic rings. The van der Waals surface area contributed by atoms with E-state index in [1.807, 2.05) is 0 Å². The average Bonchev–Trinajstić information content (AvgIpc) is 2.32. The lowest BCUT2D eigenvalue weighted by atomic mass is 10.1. The molecule has 2 atom stereocenters. The Morgan fingerprint density at radius 1 is 1.67 bits per heavy atom. The largest absolute Gasteiger partial charge is 0.419 e. The first-order valence-electron chi connectivity index (χ1n) is 3.38. The zero-order chi connectivity index (χ0) is 9.35. The van der Waals surface area contributed by atoms with Crippen LogP contribution in [0.2, 0.25) is 0 Å². The van der Waals surface area contributed by atoms with E-state index in [1.54, 1.807) is 6.92 Å². The van der Waals surface area contributed by atoms with Crippen molar-refractivity contribution in [1.82, 2.24) is 0 Å². The number of hydrogen-bond acceptors (Lipinski definition) is 3. The summed E-state index contributed by atoms with van der Waals surface area (Å²) in [6.45, 7) is 1.58. The highest BCUT2D eigenvalue weighted by Crippen LogP contribution is 2.25. The molecule has 0 amide bonds. The number of alkyl halides is 3. The van der Waals surface area contributed by atoms with E-state index in [4.69, 9.17) is 5.11 Å². The number of rotatable bonds is 1. The van der Waals surface area contributed by atoms with Crippen LogP contribution < -0.4 is 0 Å². The molecule has 0 saturated carbocycles. The smallest absolute Gasteiger partial charge is 0.392 e. The first kappa shape index (κ1) is 9.31. The maximum Gasteiger partial charge on any atom is 0.419 e. The minimum absolute atomic E-state index is 0.0284. The molecule has 1 N–H and O–H groups in total. The first-order valence-corrected chi connectivity index (χ1v) is 3.38. The standard InChI is InChI=1S/C6H8F3NO2/c1-3-2-4(10-12-3)5(11)6(7,8)9/h3,5,11H,2H2,1H3. The second-order valence-electron chi connectivity index (χ2n) is 2.65. The predicted octanol–water partition coefficient (Wildman–Crippen LogP) is 1.07. The van der Waals surface area contributed by atoms with Crippen LogP contribution in [0, 0.1) is 0 Å². The summed E-state index contributed by atoms with van der Waals surface area (Å²) >= 11 is 0. The number of aliphatic hydroxyl groups excluding tert-OH is 1. The third-order valence-electron chi connectivity index (χ3n) is 1.47. The molecule has 0 spiro atoms. The Kier molecular flexibility index (Phi) is 2.27. The van der Waals surface area contributed by atoms with Gasteiger partial charge in [0.2, 0.25) is 0 Å². The molecule has 12 heavy (non-hydrogen) atoms. The Bertz CT molecular complexity index is 201. The van der Waals surface area contributed by atoms with Crippen LogP contribution in [0.3, 0.4) is 0 Å². The highest BCUT2D eigenvalue weighted by molar-refractivity contribution is 5.90. The van der Waals surface area contributed by atoms with Crippen molar-refractivity contribution < 1.29 is 23.1 Å². The zero-order valence-corrected chi connectivity index (χ0v) is 6.30. The fourth-order valence-electron chi connectivity index (χ4n) is 0.877. The average molecular weight is 183 g/mol. The topological polar surface area (TPSA) is 41.8 Å². The molecule has 1 aliphatic heterocycles. The summed E-state index contributed by atoms with van der Waals surface area (Å²) in [7, 11) is 0. The summed E-state index contributed by atoms with van der Waals surface area (Å²) in [5.41, 5.74) is -0.352. The highest BCUT2D eigenvalue weighted by Gasteiger charge is 2.43. The minimum atomic E-state index is -4.65. The van der Waals surface area contributed by atoms with Crippen molar-refractivity contribution in [2.24, 2.45) is 5.16 Å². The summed E-state index contributed by atoms with van der Waals surface area (Å²) in [6.07, 6.45) is -7.48. The summed E-state index contributed by atoms with van der Waals surface area (Å²) in [6, 6.07) is 0. The number of halogens is 3. The summed E-state index contributed by atoms with van der Waals surface area (Å²) in [4.78, 5) is 4.51. The number of aliphatic hydroxyl groups is 1. The van der Waals surface area contributed by atoms with Gasteiger partial charge in [0.05, 0.1) is 5.71 Å². The maximum absolute atomic E-state index is 11.8. The molecule has 70 valence electrons. The summed E-state index contributed by atoms with van der Waals surface area (Å²) in [5, 5.41) is 11.8. The van der Waals surface area contributed by atoms with Crippen LogP contribution in [0.1, 0.15) is 13.3 Å². The molecule has 1 rings (SSSR count). The Balaban J connectivity index is 2.60. The Morgan fingerprint density at radius 2 is 2.25 bits per heavy atom. The van der Waals surface area contributed by atoms with Gasteiger partial charge in [0, 0.05) is 6.42 Å². The lowest BCUT2D eigenvalue weighted by Crippen LogP contribution is -2.36.